The minimum Gasteiger partial charge on any atom is -0.384 e. The predicted molar refractivity (Wildman–Crippen MR) is 92.3 cm³/mol. The number of rotatable bonds is 7. The summed E-state index contributed by atoms with van der Waals surface area (Å²) in [5.41, 5.74) is 2.00. The second kappa shape index (κ2) is 6.36. The Bertz CT molecular complexity index is 530. The minimum absolute atomic E-state index is 0.363. The molecule has 0 unspecified atom stereocenters. The quantitative estimate of drug-likeness (QED) is 0.838. The molecule has 1 aromatic heterocycles. The molecule has 0 spiro atoms. The van der Waals surface area contributed by atoms with E-state index in [0.717, 1.165) is 51.1 Å². The van der Waals surface area contributed by atoms with Crippen LogP contribution in [0, 0.1) is 16.7 Å². The van der Waals surface area contributed by atoms with E-state index < -0.39 is 0 Å². The van der Waals surface area contributed by atoms with Crippen LogP contribution in [-0.4, -0.2) is 48.2 Å². The largest absolute Gasteiger partial charge is 0.384 e. The molecular weight excluding hydrogens is 288 g/mol. The van der Waals surface area contributed by atoms with Gasteiger partial charge in [-0.2, -0.15) is 0 Å². The first-order valence-corrected chi connectivity index (χ1v) is 8.75. The first-order valence-electron chi connectivity index (χ1n) is 8.75. The molecule has 0 aromatic carbocycles. The van der Waals surface area contributed by atoms with Gasteiger partial charge in [0, 0.05) is 56.7 Å². The maximum atomic E-state index is 5.54. The highest BCUT2D eigenvalue weighted by Crippen LogP contribution is 2.62. The second-order valence-electron chi connectivity index (χ2n) is 8.02. The number of aromatic nitrogens is 2. The van der Waals surface area contributed by atoms with Gasteiger partial charge in [-0.05, 0) is 24.2 Å². The first-order chi connectivity index (χ1) is 11.0. The zero-order chi connectivity index (χ0) is 16.5. The van der Waals surface area contributed by atoms with Gasteiger partial charge in [0.05, 0.1) is 6.61 Å². The zero-order valence-corrected chi connectivity index (χ0v) is 14.9. The number of nitrogens with one attached hydrogen (secondary N) is 1. The van der Waals surface area contributed by atoms with E-state index in [4.69, 9.17) is 4.74 Å². The topological polar surface area (TPSA) is 50.3 Å². The molecular formula is C18H30N4O. The molecule has 1 aromatic rings. The van der Waals surface area contributed by atoms with Crippen LogP contribution in [0.1, 0.15) is 39.2 Å². The van der Waals surface area contributed by atoms with Crippen molar-refractivity contribution in [3.05, 3.63) is 18.0 Å². The van der Waals surface area contributed by atoms with Crippen LogP contribution >= 0.6 is 0 Å². The molecule has 5 heteroatoms. The number of anilines is 1. The van der Waals surface area contributed by atoms with Crippen molar-refractivity contribution < 1.29 is 4.74 Å². The Morgan fingerprint density at radius 2 is 2.09 bits per heavy atom. The maximum Gasteiger partial charge on any atom is 0.222 e. The highest BCUT2D eigenvalue weighted by molar-refractivity contribution is 5.24. The van der Waals surface area contributed by atoms with Crippen LogP contribution in [0.15, 0.2) is 12.4 Å². The molecule has 2 heterocycles. The Labute approximate surface area is 139 Å². The third-order valence-corrected chi connectivity index (χ3v) is 5.55. The second-order valence-corrected chi connectivity index (χ2v) is 8.02. The van der Waals surface area contributed by atoms with Crippen molar-refractivity contribution in [1.82, 2.24) is 14.9 Å². The summed E-state index contributed by atoms with van der Waals surface area (Å²) in [7, 11) is 1.83. The summed E-state index contributed by atoms with van der Waals surface area (Å²) >= 11 is 0. The Morgan fingerprint density at radius 1 is 1.35 bits per heavy atom. The van der Waals surface area contributed by atoms with Gasteiger partial charge in [-0.3, -0.25) is 4.90 Å². The van der Waals surface area contributed by atoms with E-state index in [1.807, 2.05) is 19.5 Å². The lowest BCUT2D eigenvalue weighted by molar-refractivity contribution is -0.107. The van der Waals surface area contributed by atoms with Crippen LogP contribution in [0.2, 0.25) is 0 Å². The number of methoxy groups -OCH3 is 1. The van der Waals surface area contributed by atoms with E-state index >= 15 is 0 Å². The fraction of sp³-hybridized carbons (Fsp3) is 0.778. The number of hydrogen-bond donors (Lipinski definition) is 1. The summed E-state index contributed by atoms with van der Waals surface area (Å²) in [5.74, 6) is 1.47. The molecule has 2 atom stereocenters. The first kappa shape index (κ1) is 16.7. The number of nitrogens with zero attached hydrogens (tertiary/aromatic N) is 3. The van der Waals surface area contributed by atoms with Crippen molar-refractivity contribution in [3.8, 4) is 0 Å². The highest BCUT2D eigenvalue weighted by atomic mass is 16.5. The van der Waals surface area contributed by atoms with Crippen molar-refractivity contribution in [2.75, 3.05) is 38.7 Å². The molecule has 23 heavy (non-hydrogen) atoms. The Morgan fingerprint density at radius 3 is 2.70 bits per heavy atom. The molecule has 1 aliphatic carbocycles. The molecule has 3 rings (SSSR count). The zero-order valence-electron chi connectivity index (χ0n) is 14.9. The van der Waals surface area contributed by atoms with E-state index in [1.54, 1.807) is 0 Å². The number of ether oxygens (including phenoxy) is 1. The van der Waals surface area contributed by atoms with Crippen molar-refractivity contribution >= 4 is 5.95 Å². The van der Waals surface area contributed by atoms with Crippen LogP contribution in [-0.2, 0) is 11.3 Å². The van der Waals surface area contributed by atoms with Crippen molar-refractivity contribution in [1.29, 1.82) is 0 Å². The monoisotopic (exact) mass is 318 g/mol. The average molecular weight is 318 g/mol. The van der Waals surface area contributed by atoms with Crippen LogP contribution in [0.25, 0.3) is 0 Å². The Kier molecular flexibility index (Phi) is 4.61. The van der Waals surface area contributed by atoms with Gasteiger partial charge in [-0.1, -0.05) is 20.8 Å². The Hall–Kier alpha value is -1.20. The summed E-state index contributed by atoms with van der Waals surface area (Å²) in [5, 5.41) is 3.22. The van der Waals surface area contributed by atoms with Crippen LogP contribution in [0.3, 0.4) is 0 Å². The smallest absolute Gasteiger partial charge is 0.222 e. The molecule has 5 nitrogen and oxygen atoms in total. The Balaban J connectivity index is 1.61. The average Bonchev–Trinajstić information content (AvgIpc) is 2.81. The summed E-state index contributed by atoms with van der Waals surface area (Å²) < 4.78 is 5.54. The summed E-state index contributed by atoms with van der Waals surface area (Å²) in [6.07, 6.45) is 6.27. The van der Waals surface area contributed by atoms with E-state index in [-0.39, 0.29) is 0 Å². The molecule has 0 amide bonds. The molecule has 1 saturated heterocycles. The molecule has 0 bridgehead atoms. The highest BCUT2D eigenvalue weighted by Gasteiger charge is 2.62. The lowest BCUT2D eigenvalue weighted by atomic mass is 9.48. The SMILES string of the molecule is CCCNc1ncc(CN2C[C@@H]3C(C)(C)C[C@]3(COC)C2)cn1. The predicted octanol–water partition coefficient (Wildman–Crippen LogP) is 2.79. The molecule has 2 aliphatic rings. The number of fused-ring (bicyclic) bond motifs is 1. The molecule has 1 saturated carbocycles. The number of likely N-dealkylation sites (tertiary alicyclic amines) is 1. The van der Waals surface area contributed by atoms with Crippen LogP contribution in [0.4, 0.5) is 5.95 Å². The molecule has 0 radical (unpaired) electrons. The lowest BCUT2D eigenvalue weighted by Gasteiger charge is -2.56. The maximum absolute atomic E-state index is 5.54. The van der Waals surface area contributed by atoms with Crippen molar-refractivity contribution in [3.63, 3.8) is 0 Å². The molecule has 2 fully saturated rings. The molecule has 1 N–H and O–H groups in total. The van der Waals surface area contributed by atoms with Gasteiger partial charge in [0.15, 0.2) is 0 Å². The fourth-order valence-corrected chi connectivity index (χ4v) is 4.85. The minimum atomic E-state index is 0.363. The molecule has 128 valence electrons. The third-order valence-electron chi connectivity index (χ3n) is 5.55. The summed E-state index contributed by atoms with van der Waals surface area (Å²) in [6.45, 7) is 12.0. The normalized spacial score (nSPS) is 29.1. The van der Waals surface area contributed by atoms with E-state index in [2.05, 4.69) is 41.0 Å². The van der Waals surface area contributed by atoms with E-state index in [0.29, 0.717) is 10.8 Å². The number of hydrogen-bond acceptors (Lipinski definition) is 5. The van der Waals surface area contributed by atoms with Gasteiger partial charge in [0.1, 0.15) is 0 Å². The summed E-state index contributed by atoms with van der Waals surface area (Å²) in [6, 6.07) is 0. The van der Waals surface area contributed by atoms with Gasteiger partial charge in [0.25, 0.3) is 0 Å². The third kappa shape index (κ3) is 3.22. The van der Waals surface area contributed by atoms with Crippen molar-refractivity contribution in [2.45, 2.75) is 40.2 Å². The van der Waals surface area contributed by atoms with Crippen LogP contribution in [0.5, 0.6) is 0 Å². The van der Waals surface area contributed by atoms with Gasteiger partial charge in [-0.15, -0.1) is 0 Å². The van der Waals surface area contributed by atoms with Gasteiger partial charge >= 0.3 is 0 Å². The molecule has 1 aliphatic heterocycles. The standard InChI is InChI=1S/C18H30N4O/c1-5-6-19-16-20-7-14(8-21-16)9-22-10-15-17(2,3)11-18(15,12-22)13-23-4/h7-8,15H,5-6,9-13H2,1-4H3,(H,19,20,21)/t15-,18-/m1/s1. The van der Waals surface area contributed by atoms with Crippen molar-refractivity contribution in [2.24, 2.45) is 16.7 Å². The van der Waals surface area contributed by atoms with E-state index in [1.165, 1.54) is 12.0 Å². The van der Waals surface area contributed by atoms with Gasteiger partial charge < -0.3 is 10.1 Å². The lowest BCUT2D eigenvalue weighted by Crippen LogP contribution is -2.55. The van der Waals surface area contributed by atoms with E-state index in [9.17, 15) is 0 Å². The fourth-order valence-electron chi connectivity index (χ4n) is 4.85. The van der Waals surface area contributed by atoms with Gasteiger partial charge in [0.2, 0.25) is 5.95 Å². The van der Waals surface area contributed by atoms with Gasteiger partial charge in [-0.25, -0.2) is 9.97 Å². The summed E-state index contributed by atoms with van der Waals surface area (Å²) in [4.78, 5) is 11.4. The van der Waals surface area contributed by atoms with Crippen LogP contribution < -0.4 is 5.32 Å².